The largest absolute Gasteiger partial charge is 0.459 e. The molecular weight excluding hydrogens is 362 g/mol. The molecule has 0 spiro atoms. The van der Waals surface area contributed by atoms with E-state index in [0.717, 1.165) is 11.1 Å². The number of benzene rings is 2. The van der Waals surface area contributed by atoms with Gasteiger partial charge in [0.2, 0.25) is 0 Å². The molecule has 150 valence electrons. The van der Waals surface area contributed by atoms with Crippen molar-refractivity contribution in [1.82, 2.24) is 0 Å². The van der Waals surface area contributed by atoms with Crippen molar-refractivity contribution in [3.63, 3.8) is 0 Å². The van der Waals surface area contributed by atoms with Crippen LogP contribution in [-0.4, -0.2) is 23.0 Å². The van der Waals surface area contributed by atoms with E-state index in [0.29, 0.717) is 17.2 Å². The van der Waals surface area contributed by atoms with Crippen molar-refractivity contribution < 1.29 is 19.2 Å². The Hall–Kier alpha value is -3.29. The third-order valence-electron chi connectivity index (χ3n) is 3.81. The summed E-state index contributed by atoms with van der Waals surface area (Å²) in [4.78, 5) is 22.7. The first-order valence-corrected chi connectivity index (χ1v) is 8.75. The van der Waals surface area contributed by atoms with Crippen molar-refractivity contribution in [2.45, 2.75) is 40.2 Å². The average Bonchev–Trinajstić information content (AvgIpc) is 2.56. The molecule has 0 saturated carbocycles. The van der Waals surface area contributed by atoms with Crippen LogP contribution in [0.5, 0.6) is 11.5 Å². The van der Waals surface area contributed by atoms with Crippen LogP contribution in [0.25, 0.3) is 0 Å². The predicted molar refractivity (Wildman–Crippen MR) is 108 cm³/mol. The summed E-state index contributed by atoms with van der Waals surface area (Å²) >= 11 is 0. The molecule has 3 N–H and O–H groups in total. The summed E-state index contributed by atoms with van der Waals surface area (Å²) in [6, 6.07) is 7.88. The number of nitro groups is 1. The van der Waals surface area contributed by atoms with Crippen molar-refractivity contribution in [3.05, 3.63) is 51.6 Å². The van der Waals surface area contributed by atoms with Gasteiger partial charge in [-0.15, -0.1) is 0 Å². The number of aryl methyl sites for hydroxylation is 2. The topological polar surface area (TPSA) is 117 Å². The zero-order valence-corrected chi connectivity index (χ0v) is 16.7. The maximum atomic E-state index is 11.9. The molecule has 8 heteroatoms. The van der Waals surface area contributed by atoms with Gasteiger partial charge >= 0.3 is 5.97 Å². The summed E-state index contributed by atoms with van der Waals surface area (Å²) in [5, 5.41) is 14.0. The number of nitro benzene ring substituents is 1. The molecule has 8 nitrogen and oxygen atoms in total. The van der Waals surface area contributed by atoms with Crippen LogP contribution in [0.3, 0.4) is 0 Å². The number of nitrogens with zero attached hydrogens (tertiary/aromatic N) is 1. The molecule has 0 aliphatic heterocycles. The summed E-state index contributed by atoms with van der Waals surface area (Å²) in [5.74, 6) is 0.440. The van der Waals surface area contributed by atoms with Gasteiger partial charge < -0.3 is 20.5 Å². The number of carbonyl (C=O) groups excluding carboxylic acids is 1. The van der Waals surface area contributed by atoms with E-state index in [-0.39, 0.29) is 17.9 Å². The third kappa shape index (κ3) is 5.60. The number of hydrogen-bond donors (Lipinski definition) is 2. The molecular formula is C20H25N3O5. The summed E-state index contributed by atoms with van der Waals surface area (Å²) in [5.41, 5.74) is 7.75. The quantitative estimate of drug-likeness (QED) is 0.328. The molecule has 0 radical (unpaired) electrons. The van der Waals surface area contributed by atoms with Crippen LogP contribution in [-0.2, 0) is 9.53 Å². The Kier molecular flexibility index (Phi) is 6.12. The summed E-state index contributed by atoms with van der Waals surface area (Å²) in [7, 11) is 0. The van der Waals surface area contributed by atoms with Gasteiger partial charge in [0.25, 0.3) is 5.69 Å². The van der Waals surface area contributed by atoms with Crippen LogP contribution in [0.15, 0.2) is 30.3 Å². The number of rotatable bonds is 6. The van der Waals surface area contributed by atoms with Gasteiger partial charge in [0, 0.05) is 17.8 Å². The first kappa shape index (κ1) is 21.0. The maximum absolute atomic E-state index is 11.9. The zero-order valence-electron chi connectivity index (χ0n) is 16.7. The SMILES string of the molecule is Cc1cc(Oc2ccc([N+](=O)[O-])c(NCC(=O)OC(C)(C)C)c2)cc(C)c1N. The van der Waals surface area contributed by atoms with E-state index < -0.39 is 16.5 Å². The van der Waals surface area contributed by atoms with E-state index in [1.54, 1.807) is 32.9 Å². The molecule has 2 aromatic carbocycles. The highest BCUT2D eigenvalue weighted by atomic mass is 16.6. The van der Waals surface area contributed by atoms with E-state index in [2.05, 4.69) is 5.32 Å². The lowest BCUT2D eigenvalue weighted by atomic mass is 10.1. The molecule has 0 aromatic heterocycles. The molecule has 0 fully saturated rings. The molecule has 0 atom stereocenters. The van der Waals surface area contributed by atoms with Crippen molar-refractivity contribution in [3.8, 4) is 11.5 Å². The molecule has 2 aromatic rings. The van der Waals surface area contributed by atoms with Gasteiger partial charge in [-0.1, -0.05) is 0 Å². The second-order valence-corrected chi connectivity index (χ2v) is 7.45. The van der Waals surface area contributed by atoms with Gasteiger partial charge in [-0.25, -0.2) is 0 Å². The van der Waals surface area contributed by atoms with Crippen LogP contribution < -0.4 is 15.8 Å². The number of esters is 1. The Morgan fingerprint density at radius 3 is 2.29 bits per heavy atom. The molecule has 0 amide bonds. The highest BCUT2D eigenvalue weighted by Gasteiger charge is 2.19. The minimum absolute atomic E-state index is 0.164. The second kappa shape index (κ2) is 8.16. The van der Waals surface area contributed by atoms with Crippen LogP contribution in [0.4, 0.5) is 17.1 Å². The van der Waals surface area contributed by atoms with Crippen LogP contribution in [0, 0.1) is 24.0 Å². The van der Waals surface area contributed by atoms with Crippen molar-refractivity contribution in [2.75, 3.05) is 17.6 Å². The van der Waals surface area contributed by atoms with E-state index in [1.807, 2.05) is 13.8 Å². The predicted octanol–water partition coefficient (Wildman–Crippen LogP) is 4.34. The second-order valence-electron chi connectivity index (χ2n) is 7.45. The van der Waals surface area contributed by atoms with E-state index in [4.69, 9.17) is 15.2 Å². The molecule has 0 bridgehead atoms. The third-order valence-corrected chi connectivity index (χ3v) is 3.81. The number of ether oxygens (including phenoxy) is 2. The number of hydrogen-bond acceptors (Lipinski definition) is 7. The lowest BCUT2D eigenvalue weighted by Gasteiger charge is -2.19. The summed E-state index contributed by atoms with van der Waals surface area (Å²) in [6.07, 6.45) is 0. The van der Waals surface area contributed by atoms with Crippen molar-refractivity contribution in [1.29, 1.82) is 0 Å². The fraction of sp³-hybridized carbons (Fsp3) is 0.350. The van der Waals surface area contributed by atoms with Gasteiger partial charge in [0.1, 0.15) is 29.3 Å². The molecule has 0 saturated heterocycles. The fourth-order valence-electron chi connectivity index (χ4n) is 2.55. The maximum Gasteiger partial charge on any atom is 0.325 e. The van der Waals surface area contributed by atoms with Crippen LogP contribution in [0.2, 0.25) is 0 Å². The van der Waals surface area contributed by atoms with Gasteiger partial charge in [-0.05, 0) is 63.9 Å². The normalized spacial score (nSPS) is 11.0. The standard InChI is InChI=1S/C20H25N3O5/c1-12-8-15(9-13(2)19(12)21)27-14-6-7-17(23(25)26)16(10-14)22-11-18(24)28-20(3,4)5/h6-10,22H,11,21H2,1-5H3. The smallest absolute Gasteiger partial charge is 0.325 e. The number of nitrogens with one attached hydrogen (secondary N) is 1. The van der Waals surface area contributed by atoms with Gasteiger partial charge in [0.15, 0.2) is 0 Å². The van der Waals surface area contributed by atoms with E-state index in [9.17, 15) is 14.9 Å². The minimum atomic E-state index is -0.638. The number of nitrogen functional groups attached to an aromatic ring is 1. The molecule has 0 heterocycles. The number of carbonyl (C=O) groups is 1. The van der Waals surface area contributed by atoms with Crippen LogP contribution in [0.1, 0.15) is 31.9 Å². The van der Waals surface area contributed by atoms with Crippen LogP contribution >= 0.6 is 0 Å². The van der Waals surface area contributed by atoms with Crippen molar-refractivity contribution in [2.24, 2.45) is 0 Å². The van der Waals surface area contributed by atoms with Gasteiger partial charge in [-0.3, -0.25) is 14.9 Å². The fourth-order valence-corrected chi connectivity index (χ4v) is 2.55. The zero-order chi connectivity index (χ0) is 21.1. The van der Waals surface area contributed by atoms with Gasteiger partial charge in [0.05, 0.1) is 4.92 Å². The van der Waals surface area contributed by atoms with Gasteiger partial charge in [-0.2, -0.15) is 0 Å². The minimum Gasteiger partial charge on any atom is -0.459 e. The Morgan fingerprint density at radius 1 is 1.14 bits per heavy atom. The molecule has 0 aliphatic rings. The molecule has 0 unspecified atom stereocenters. The van der Waals surface area contributed by atoms with E-state index in [1.165, 1.54) is 18.2 Å². The van der Waals surface area contributed by atoms with Crippen molar-refractivity contribution >= 4 is 23.0 Å². The Labute approximate surface area is 163 Å². The summed E-state index contributed by atoms with van der Waals surface area (Å²) in [6.45, 7) is 8.79. The highest BCUT2D eigenvalue weighted by molar-refractivity contribution is 5.77. The molecule has 0 aliphatic carbocycles. The first-order valence-electron chi connectivity index (χ1n) is 8.75. The Bertz CT molecular complexity index is 880. The first-order chi connectivity index (χ1) is 13.0. The monoisotopic (exact) mass is 387 g/mol. The Morgan fingerprint density at radius 2 is 1.75 bits per heavy atom. The van der Waals surface area contributed by atoms with E-state index >= 15 is 0 Å². The molecule has 28 heavy (non-hydrogen) atoms. The average molecular weight is 387 g/mol. The number of nitrogens with two attached hydrogens (primary N) is 1. The molecule has 2 rings (SSSR count). The Balaban J connectivity index is 2.23. The highest BCUT2D eigenvalue weighted by Crippen LogP contribution is 2.33. The summed E-state index contributed by atoms with van der Waals surface area (Å²) < 4.78 is 11.0. The lowest BCUT2D eigenvalue weighted by Crippen LogP contribution is -2.28. The number of anilines is 2. The lowest BCUT2D eigenvalue weighted by molar-refractivity contribution is -0.384.